The largest absolute Gasteiger partial charge is 0.465 e. The number of benzene rings is 2. The molecule has 0 saturated carbocycles. The summed E-state index contributed by atoms with van der Waals surface area (Å²) >= 11 is 0. The van der Waals surface area contributed by atoms with Gasteiger partial charge in [0, 0.05) is 6.07 Å². The minimum atomic E-state index is -0.545. The fourth-order valence-electron chi connectivity index (χ4n) is 1.70. The number of nitrogens with one attached hydrogen (secondary N) is 1. The van der Waals surface area contributed by atoms with Gasteiger partial charge in [0.2, 0.25) is 0 Å². The predicted molar refractivity (Wildman–Crippen MR) is 79.0 cm³/mol. The SMILES string of the molecule is COC(=O)c1ccccc1NN=Nc1ccccc1[N+](=O)[O-]. The van der Waals surface area contributed by atoms with Crippen molar-refractivity contribution in [3.8, 4) is 0 Å². The molecule has 0 amide bonds. The first-order valence-corrected chi connectivity index (χ1v) is 6.21. The van der Waals surface area contributed by atoms with E-state index >= 15 is 0 Å². The quantitative estimate of drug-likeness (QED) is 0.393. The molecule has 2 rings (SSSR count). The summed E-state index contributed by atoms with van der Waals surface area (Å²) in [6, 6.07) is 12.5. The fourth-order valence-corrected chi connectivity index (χ4v) is 1.70. The van der Waals surface area contributed by atoms with Crippen molar-refractivity contribution in [2.24, 2.45) is 10.3 Å². The Labute approximate surface area is 125 Å². The maximum atomic E-state index is 11.6. The number of methoxy groups -OCH3 is 1. The molecule has 0 bridgehead atoms. The van der Waals surface area contributed by atoms with Crippen molar-refractivity contribution < 1.29 is 14.5 Å². The Kier molecular flexibility index (Phi) is 4.76. The maximum Gasteiger partial charge on any atom is 0.340 e. The van der Waals surface area contributed by atoms with E-state index in [2.05, 4.69) is 20.5 Å². The second-order valence-electron chi connectivity index (χ2n) is 4.09. The number of nitro benzene ring substituents is 1. The zero-order valence-corrected chi connectivity index (χ0v) is 11.6. The first-order chi connectivity index (χ1) is 10.6. The van der Waals surface area contributed by atoms with Crippen LogP contribution in [0.25, 0.3) is 0 Å². The average Bonchev–Trinajstić information content (AvgIpc) is 2.55. The van der Waals surface area contributed by atoms with Crippen LogP contribution in [0.2, 0.25) is 0 Å². The van der Waals surface area contributed by atoms with E-state index in [-0.39, 0.29) is 16.9 Å². The highest BCUT2D eigenvalue weighted by Crippen LogP contribution is 2.26. The number of hydrogen-bond donors (Lipinski definition) is 1. The van der Waals surface area contributed by atoms with Crippen LogP contribution < -0.4 is 5.43 Å². The Morgan fingerprint density at radius 3 is 2.59 bits per heavy atom. The summed E-state index contributed by atoms with van der Waals surface area (Å²) in [6.07, 6.45) is 0. The number of esters is 1. The van der Waals surface area contributed by atoms with Crippen LogP contribution >= 0.6 is 0 Å². The summed E-state index contributed by atoms with van der Waals surface area (Å²) in [5, 5.41) is 18.3. The van der Waals surface area contributed by atoms with Crippen molar-refractivity contribution in [1.82, 2.24) is 0 Å². The molecule has 8 heteroatoms. The molecule has 0 heterocycles. The summed E-state index contributed by atoms with van der Waals surface area (Å²) in [5.41, 5.74) is 3.20. The summed E-state index contributed by atoms with van der Waals surface area (Å²) in [7, 11) is 1.27. The van der Waals surface area contributed by atoms with Crippen LogP contribution in [0.5, 0.6) is 0 Å². The number of hydrogen-bond acceptors (Lipinski definition) is 6. The molecule has 2 aromatic rings. The van der Waals surface area contributed by atoms with E-state index in [1.807, 2.05) is 0 Å². The third-order valence-corrected chi connectivity index (χ3v) is 2.74. The Balaban J connectivity index is 2.21. The van der Waals surface area contributed by atoms with Crippen LogP contribution in [-0.2, 0) is 4.74 Å². The van der Waals surface area contributed by atoms with Gasteiger partial charge in [-0.15, -0.1) is 5.11 Å². The van der Waals surface area contributed by atoms with Gasteiger partial charge in [-0.25, -0.2) is 4.79 Å². The second kappa shape index (κ2) is 6.93. The highest BCUT2D eigenvalue weighted by Gasteiger charge is 2.12. The van der Waals surface area contributed by atoms with Crippen LogP contribution in [0.15, 0.2) is 58.9 Å². The zero-order valence-electron chi connectivity index (χ0n) is 11.6. The number of para-hydroxylation sites is 2. The number of rotatable bonds is 5. The molecule has 0 unspecified atom stereocenters. The van der Waals surface area contributed by atoms with E-state index in [4.69, 9.17) is 0 Å². The van der Waals surface area contributed by atoms with E-state index in [1.165, 1.54) is 25.3 Å². The highest BCUT2D eigenvalue weighted by atomic mass is 16.6. The molecular weight excluding hydrogens is 288 g/mol. The molecule has 0 aliphatic rings. The number of nitrogens with zero attached hydrogens (tertiary/aromatic N) is 3. The average molecular weight is 300 g/mol. The van der Waals surface area contributed by atoms with E-state index in [1.54, 1.807) is 30.3 Å². The van der Waals surface area contributed by atoms with E-state index in [0.29, 0.717) is 5.69 Å². The van der Waals surface area contributed by atoms with Crippen molar-refractivity contribution in [2.45, 2.75) is 0 Å². The van der Waals surface area contributed by atoms with Crippen molar-refractivity contribution in [3.63, 3.8) is 0 Å². The van der Waals surface area contributed by atoms with Crippen molar-refractivity contribution in [2.75, 3.05) is 12.5 Å². The lowest BCUT2D eigenvalue weighted by molar-refractivity contribution is -0.384. The molecule has 0 spiro atoms. The molecule has 0 radical (unpaired) electrons. The molecule has 0 fully saturated rings. The van der Waals surface area contributed by atoms with E-state index in [9.17, 15) is 14.9 Å². The third kappa shape index (κ3) is 3.42. The lowest BCUT2D eigenvalue weighted by Crippen LogP contribution is -2.04. The van der Waals surface area contributed by atoms with Gasteiger partial charge in [0.1, 0.15) is 0 Å². The fraction of sp³-hybridized carbons (Fsp3) is 0.0714. The second-order valence-corrected chi connectivity index (χ2v) is 4.09. The summed E-state index contributed by atoms with van der Waals surface area (Å²) < 4.78 is 4.65. The van der Waals surface area contributed by atoms with Gasteiger partial charge in [-0.2, -0.15) is 0 Å². The Morgan fingerprint density at radius 1 is 1.18 bits per heavy atom. The first-order valence-electron chi connectivity index (χ1n) is 6.21. The molecule has 22 heavy (non-hydrogen) atoms. The van der Waals surface area contributed by atoms with Gasteiger partial charge in [-0.05, 0) is 18.2 Å². The summed E-state index contributed by atoms with van der Waals surface area (Å²) in [6.45, 7) is 0. The smallest absolute Gasteiger partial charge is 0.340 e. The minimum Gasteiger partial charge on any atom is -0.465 e. The molecule has 0 atom stereocenters. The van der Waals surface area contributed by atoms with Gasteiger partial charge < -0.3 is 4.74 Å². The Bertz CT molecular complexity index is 730. The normalized spacial score (nSPS) is 10.4. The molecule has 2 aromatic carbocycles. The van der Waals surface area contributed by atoms with Crippen molar-refractivity contribution in [1.29, 1.82) is 0 Å². The Hall–Kier alpha value is -3.29. The number of carbonyl (C=O) groups excluding carboxylic acids is 1. The van der Waals surface area contributed by atoms with Gasteiger partial charge >= 0.3 is 5.97 Å². The molecule has 0 aliphatic heterocycles. The van der Waals surface area contributed by atoms with Crippen LogP contribution in [0.4, 0.5) is 17.1 Å². The van der Waals surface area contributed by atoms with E-state index < -0.39 is 10.9 Å². The standard InChI is InChI=1S/C14H12N4O4/c1-22-14(19)10-6-2-3-7-11(10)15-17-16-12-8-4-5-9-13(12)18(20)21/h2-9H,1H3,(H,15,16). The highest BCUT2D eigenvalue weighted by molar-refractivity contribution is 5.95. The monoisotopic (exact) mass is 300 g/mol. The molecule has 0 saturated heterocycles. The van der Waals surface area contributed by atoms with Crippen LogP contribution in [0, 0.1) is 10.1 Å². The predicted octanol–water partition coefficient (Wildman–Crippen LogP) is 3.49. The maximum absolute atomic E-state index is 11.6. The number of ether oxygens (including phenoxy) is 1. The van der Waals surface area contributed by atoms with Gasteiger partial charge in [0.25, 0.3) is 5.69 Å². The topological polar surface area (TPSA) is 106 Å². The lowest BCUT2D eigenvalue weighted by atomic mass is 10.2. The lowest BCUT2D eigenvalue weighted by Gasteiger charge is -2.05. The van der Waals surface area contributed by atoms with E-state index in [0.717, 1.165) is 0 Å². The zero-order chi connectivity index (χ0) is 15.9. The van der Waals surface area contributed by atoms with Crippen molar-refractivity contribution >= 4 is 23.0 Å². The Morgan fingerprint density at radius 2 is 1.86 bits per heavy atom. The van der Waals surface area contributed by atoms with Crippen molar-refractivity contribution in [3.05, 3.63) is 64.2 Å². The van der Waals surface area contributed by atoms with Crippen LogP contribution in [0.3, 0.4) is 0 Å². The molecule has 0 aromatic heterocycles. The third-order valence-electron chi connectivity index (χ3n) is 2.74. The van der Waals surface area contributed by atoms with Gasteiger partial charge in [-0.3, -0.25) is 15.5 Å². The van der Waals surface area contributed by atoms with Gasteiger partial charge in [-0.1, -0.05) is 29.5 Å². The number of carbonyl (C=O) groups is 1. The van der Waals surface area contributed by atoms with Crippen LogP contribution in [-0.4, -0.2) is 18.0 Å². The minimum absolute atomic E-state index is 0.107. The molecule has 0 aliphatic carbocycles. The molecular formula is C14H12N4O4. The van der Waals surface area contributed by atoms with Gasteiger partial charge in [0.05, 0.1) is 23.3 Å². The summed E-state index contributed by atoms with van der Waals surface area (Å²) in [4.78, 5) is 21.9. The number of anilines is 1. The molecule has 1 N–H and O–H groups in total. The number of nitro groups is 1. The first kappa shape index (κ1) is 15.1. The molecule has 8 nitrogen and oxygen atoms in total. The van der Waals surface area contributed by atoms with Gasteiger partial charge in [0.15, 0.2) is 5.69 Å². The summed E-state index contributed by atoms with van der Waals surface area (Å²) in [5.74, 6) is -0.524. The molecule has 112 valence electrons. The van der Waals surface area contributed by atoms with Crippen LogP contribution in [0.1, 0.15) is 10.4 Å².